The first kappa shape index (κ1) is 20.1. The summed E-state index contributed by atoms with van der Waals surface area (Å²) in [5.74, 6) is 1.32. The lowest BCUT2D eigenvalue weighted by molar-refractivity contribution is 0.0784. The maximum absolute atomic E-state index is 12.9. The molecule has 0 spiro atoms. The van der Waals surface area contributed by atoms with Gasteiger partial charge >= 0.3 is 0 Å². The van der Waals surface area contributed by atoms with Gasteiger partial charge in [-0.3, -0.25) is 9.69 Å². The summed E-state index contributed by atoms with van der Waals surface area (Å²) in [6.07, 6.45) is 6.56. The zero-order chi connectivity index (χ0) is 21.0. The van der Waals surface area contributed by atoms with Crippen LogP contribution in [0.4, 0.5) is 0 Å². The van der Waals surface area contributed by atoms with E-state index < -0.39 is 0 Å². The number of likely N-dealkylation sites (tertiary alicyclic amines) is 2. The van der Waals surface area contributed by atoms with Crippen molar-refractivity contribution in [1.82, 2.24) is 14.8 Å². The van der Waals surface area contributed by atoms with Gasteiger partial charge in [0, 0.05) is 43.8 Å². The van der Waals surface area contributed by atoms with Crippen molar-refractivity contribution in [2.75, 3.05) is 32.8 Å². The molecule has 1 amide bonds. The number of ether oxygens (including phenoxy) is 1. The predicted molar refractivity (Wildman–Crippen MR) is 123 cm³/mol. The lowest BCUT2D eigenvalue weighted by Gasteiger charge is -2.32. The monoisotopic (exact) mass is 417 g/mol. The van der Waals surface area contributed by atoms with E-state index in [-0.39, 0.29) is 5.91 Å². The number of hydrogen-bond donors (Lipinski definition) is 1. The second-order valence-electron chi connectivity index (χ2n) is 8.95. The van der Waals surface area contributed by atoms with Gasteiger partial charge in [-0.1, -0.05) is 24.3 Å². The average Bonchev–Trinajstić information content (AvgIpc) is 3.50. The third-order valence-corrected chi connectivity index (χ3v) is 6.61. The lowest BCUT2D eigenvalue weighted by Crippen LogP contribution is -2.37. The number of para-hydroxylation sites is 1. The zero-order valence-corrected chi connectivity index (χ0v) is 18.1. The van der Waals surface area contributed by atoms with Gasteiger partial charge in [0.15, 0.2) is 0 Å². The van der Waals surface area contributed by atoms with E-state index in [1.54, 1.807) is 0 Å². The van der Waals surface area contributed by atoms with Crippen molar-refractivity contribution in [1.29, 1.82) is 0 Å². The van der Waals surface area contributed by atoms with Crippen LogP contribution in [0.3, 0.4) is 0 Å². The number of nitrogens with one attached hydrogen (secondary N) is 1. The normalized spacial score (nSPS) is 19.7. The van der Waals surface area contributed by atoms with E-state index in [9.17, 15) is 4.79 Å². The predicted octanol–water partition coefficient (Wildman–Crippen LogP) is 4.69. The number of aromatic amines is 1. The van der Waals surface area contributed by atoms with E-state index in [1.807, 2.05) is 35.4 Å². The molecule has 0 saturated carbocycles. The first-order chi connectivity index (χ1) is 15.3. The second kappa shape index (κ2) is 9.15. The fourth-order valence-electron chi connectivity index (χ4n) is 4.95. The SMILES string of the molecule is O=C(c1ccccc1OCC1CCCN(Cc2ccc3cc[nH]c3c2)C1)N1CCCC1. The van der Waals surface area contributed by atoms with Gasteiger partial charge in [0.2, 0.25) is 0 Å². The Hall–Kier alpha value is -2.79. The maximum Gasteiger partial charge on any atom is 0.257 e. The number of hydrogen-bond acceptors (Lipinski definition) is 3. The molecule has 1 unspecified atom stereocenters. The molecule has 2 aliphatic rings. The smallest absolute Gasteiger partial charge is 0.257 e. The Labute approximate surface area is 184 Å². The van der Waals surface area contributed by atoms with Crippen LogP contribution in [-0.2, 0) is 6.54 Å². The molecule has 1 N–H and O–H groups in total. The van der Waals surface area contributed by atoms with Crippen molar-refractivity contribution < 1.29 is 9.53 Å². The van der Waals surface area contributed by atoms with Crippen molar-refractivity contribution in [3.63, 3.8) is 0 Å². The molecule has 2 fully saturated rings. The fourth-order valence-corrected chi connectivity index (χ4v) is 4.95. The summed E-state index contributed by atoms with van der Waals surface area (Å²) in [4.78, 5) is 20.7. The summed E-state index contributed by atoms with van der Waals surface area (Å²) in [5, 5.41) is 1.26. The summed E-state index contributed by atoms with van der Waals surface area (Å²) >= 11 is 0. The molecule has 5 heteroatoms. The van der Waals surface area contributed by atoms with Gasteiger partial charge < -0.3 is 14.6 Å². The number of benzene rings is 2. The molecule has 1 aromatic heterocycles. The number of rotatable bonds is 6. The van der Waals surface area contributed by atoms with Crippen LogP contribution >= 0.6 is 0 Å². The lowest BCUT2D eigenvalue weighted by atomic mass is 9.98. The van der Waals surface area contributed by atoms with Crippen LogP contribution in [0.15, 0.2) is 54.7 Å². The Morgan fingerprint density at radius 1 is 1.03 bits per heavy atom. The highest BCUT2D eigenvalue weighted by atomic mass is 16.5. The van der Waals surface area contributed by atoms with Crippen molar-refractivity contribution in [3.05, 3.63) is 65.9 Å². The third-order valence-electron chi connectivity index (χ3n) is 6.61. The molecule has 5 nitrogen and oxygen atoms in total. The highest BCUT2D eigenvalue weighted by Gasteiger charge is 2.24. The molecule has 1 atom stereocenters. The van der Waals surface area contributed by atoms with Crippen LogP contribution in [0.25, 0.3) is 10.9 Å². The molecule has 3 aromatic rings. The van der Waals surface area contributed by atoms with Gasteiger partial charge in [-0.15, -0.1) is 0 Å². The van der Waals surface area contributed by atoms with E-state index in [0.717, 1.165) is 51.3 Å². The molecule has 0 radical (unpaired) electrons. The molecule has 31 heavy (non-hydrogen) atoms. The van der Waals surface area contributed by atoms with Crippen LogP contribution in [0.5, 0.6) is 5.75 Å². The molecule has 0 aliphatic carbocycles. The van der Waals surface area contributed by atoms with Gasteiger partial charge in [-0.25, -0.2) is 0 Å². The number of piperidine rings is 1. The van der Waals surface area contributed by atoms with Crippen molar-refractivity contribution in [3.8, 4) is 5.75 Å². The Kier molecular flexibility index (Phi) is 5.94. The van der Waals surface area contributed by atoms with E-state index in [2.05, 4.69) is 34.1 Å². The van der Waals surface area contributed by atoms with E-state index >= 15 is 0 Å². The number of nitrogens with zero attached hydrogens (tertiary/aromatic N) is 2. The number of H-pyrrole nitrogens is 1. The minimum atomic E-state index is 0.109. The van der Waals surface area contributed by atoms with E-state index in [0.29, 0.717) is 18.1 Å². The van der Waals surface area contributed by atoms with Crippen molar-refractivity contribution >= 4 is 16.8 Å². The molecule has 5 rings (SSSR count). The first-order valence-electron chi connectivity index (χ1n) is 11.6. The summed E-state index contributed by atoms with van der Waals surface area (Å²) in [6.45, 7) is 5.51. The van der Waals surface area contributed by atoms with Crippen molar-refractivity contribution in [2.45, 2.75) is 32.2 Å². The minimum absolute atomic E-state index is 0.109. The molecule has 162 valence electrons. The van der Waals surface area contributed by atoms with Crippen LogP contribution in [0.1, 0.15) is 41.6 Å². The van der Waals surface area contributed by atoms with Crippen LogP contribution < -0.4 is 4.74 Å². The number of amides is 1. The third kappa shape index (κ3) is 4.62. The van der Waals surface area contributed by atoms with Crippen LogP contribution in [-0.4, -0.2) is 53.5 Å². The number of carbonyl (C=O) groups is 1. The van der Waals surface area contributed by atoms with Gasteiger partial charge in [0.05, 0.1) is 12.2 Å². The first-order valence-corrected chi connectivity index (χ1v) is 11.6. The van der Waals surface area contributed by atoms with Crippen LogP contribution in [0, 0.1) is 5.92 Å². The topological polar surface area (TPSA) is 48.6 Å². The molecule has 0 bridgehead atoms. The Bertz CT molecular complexity index is 1040. The quantitative estimate of drug-likeness (QED) is 0.633. The average molecular weight is 418 g/mol. The number of fused-ring (bicyclic) bond motifs is 1. The van der Waals surface area contributed by atoms with E-state index in [4.69, 9.17) is 4.74 Å². The Morgan fingerprint density at radius 2 is 1.90 bits per heavy atom. The van der Waals surface area contributed by atoms with Gasteiger partial charge in [0.25, 0.3) is 5.91 Å². The molecular formula is C26H31N3O2. The van der Waals surface area contributed by atoms with Gasteiger partial charge in [-0.05, 0) is 67.4 Å². The number of carbonyl (C=O) groups excluding carboxylic acids is 1. The minimum Gasteiger partial charge on any atom is -0.492 e. The summed E-state index contributed by atoms with van der Waals surface area (Å²) in [7, 11) is 0. The molecule has 2 saturated heterocycles. The Balaban J connectivity index is 1.19. The number of aromatic nitrogens is 1. The van der Waals surface area contributed by atoms with Gasteiger partial charge in [0.1, 0.15) is 5.75 Å². The second-order valence-corrected chi connectivity index (χ2v) is 8.95. The summed E-state index contributed by atoms with van der Waals surface area (Å²) < 4.78 is 6.22. The standard InChI is InChI=1S/C26H31N3O2/c30-26(29-14-3-4-15-29)23-7-1-2-8-25(23)31-19-21-6-5-13-28(18-21)17-20-9-10-22-11-12-27-24(22)16-20/h1-2,7-12,16,21,27H,3-6,13-15,17-19H2. The maximum atomic E-state index is 12.9. The fraction of sp³-hybridized carbons (Fsp3) is 0.423. The molecule has 3 heterocycles. The van der Waals surface area contributed by atoms with Gasteiger partial charge in [-0.2, -0.15) is 0 Å². The largest absolute Gasteiger partial charge is 0.492 e. The Morgan fingerprint density at radius 3 is 2.81 bits per heavy atom. The molecule has 2 aromatic carbocycles. The summed E-state index contributed by atoms with van der Waals surface area (Å²) in [5.41, 5.74) is 3.25. The zero-order valence-electron chi connectivity index (χ0n) is 18.1. The molecule has 2 aliphatic heterocycles. The highest BCUT2D eigenvalue weighted by Crippen LogP contribution is 2.25. The van der Waals surface area contributed by atoms with Crippen LogP contribution in [0.2, 0.25) is 0 Å². The summed E-state index contributed by atoms with van der Waals surface area (Å²) in [6, 6.07) is 16.5. The molecular weight excluding hydrogens is 386 g/mol. The van der Waals surface area contributed by atoms with E-state index in [1.165, 1.54) is 29.3 Å². The highest BCUT2D eigenvalue weighted by molar-refractivity contribution is 5.97. The van der Waals surface area contributed by atoms with Crippen molar-refractivity contribution in [2.24, 2.45) is 5.92 Å².